The summed E-state index contributed by atoms with van der Waals surface area (Å²) in [6, 6.07) is 10.5. The number of hydrogen-bond acceptors (Lipinski definition) is 7. The number of nitro benzene ring substituents is 1. The number of carbonyl (C=O) groups excluding carboxylic acids is 1. The number of rotatable bonds is 5. The Morgan fingerprint density at radius 1 is 1.30 bits per heavy atom. The summed E-state index contributed by atoms with van der Waals surface area (Å²) in [6.45, 7) is 0. The smallest absolute Gasteiger partial charge is 0.341 e. The van der Waals surface area contributed by atoms with Crippen LogP contribution < -0.4 is 10.6 Å². The van der Waals surface area contributed by atoms with Crippen molar-refractivity contribution in [3.63, 3.8) is 0 Å². The fourth-order valence-electron chi connectivity index (χ4n) is 1.86. The van der Waals surface area contributed by atoms with Gasteiger partial charge in [0.1, 0.15) is 17.1 Å². The molecule has 2 aromatic rings. The van der Waals surface area contributed by atoms with Crippen molar-refractivity contribution in [3.8, 4) is 11.5 Å². The fourth-order valence-corrected chi connectivity index (χ4v) is 1.86. The zero-order valence-electron chi connectivity index (χ0n) is 12.1. The number of methoxy groups -OCH3 is 1. The molecular weight excluding hydrogens is 302 g/mol. The molecule has 0 amide bonds. The lowest BCUT2D eigenvalue weighted by molar-refractivity contribution is -0.384. The highest BCUT2D eigenvalue weighted by atomic mass is 16.6. The van der Waals surface area contributed by atoms with Crippen molar-refractivity contribution in [1.29, 1.82) is 0 Å². The van der Waals surface area contributed by atoms with Crippen LogP contribution in [0.3, 0.4) is 0 Å². The highest BCUT2D eigenvalue weighted by Gasteiger charge is 2.19. The second-order valence-electron chi connectivity index (χ2n) is 4.38. The average molecular weight is 315 g/mol. The summed E-state index contributed by atoms with van der Waals surface area (Å²) in [6.07, 6.45) is 1.43. The molecule has 0 aliphatic rings. The predicted molar refractivity (Wildman–Crippen MR) is 82.7 cm³/mol. The Hall–Kier alpha value is -3.42. The predicted octanol–water partition coefficient (Wildman–Crippen LogP) is 2.47. The van der Waals surface area contributed by atoms with E-state index in [0.29, 0.717) is 11.3 Å². The molecule has 2 N–H and O–H groups in total. The molecule has 0 atom stereocenters. The lowest BCUT2D eigenvalue weighted by Crippen LogP contribution is -2.05. The van der Waals surface area contributed by atoms with E-state index >= 15 is 0 Å². The summed E-state index contributed by atoms with van der Waals surface area (Å²) in [7, 11) is 1.18. The number of hydrazone groups is 1. The summed E-state index contributed by atoms with van der Waals surface area (Å²) < 4.78 is 10.3. The van der Waals surface area contributed by atoms with Gasteiger partial charge in [0.05, 0.1) is 18.2 Å². The summed E-state index contributed by atoms with van der Waals surface area (Å²) in [5.41, 5.74) is 0.424. The van der Waals surface area contributed by atoms with Crippen LogP contribution in [0.1, 0.15) is 15.9 Å². The van der Waals surface area contributed by atoms with Crippen molar-refractivity contribution in [2.45, 2.75) is 0 Å². The maximum atomic E-state index is 11.8. The third-order valence-corrected chi connectivity index (χ3v) is 2.89. The topological polar surface area (TPSA) is 117 Å². The Balaban J connectivity index is 2.40. The van der Waals surface area contributed by atoms with Crippen molar-refractivity contribution >= 4 is 17.9 Å². The molecule has 0 radical (unpaired) electrons. The first-order chi connectivity index (χ1) is 11.0. The zero-order valence-corrected chi connectivity index (χ0v) is 12.1. The normalized spacial score (nSPS) is 10.5. The molecule has 0 bridgehead atoms. The molecule has 0 heterocycles. The number of nitro groups is 1. The van der Waals surface area contributed by atoms with E-state index < -0.39 is 10.9 Å². The minimum atomic E-state index is -0.733. The van der Waals surface area contributed by atoms with Crippen LogP contribution >= 0.6 is 0 Å². The number of benzene rings is 2. The van der Waals surface area contributed by atoms with Gasteiger partial charge in [-0.25, -0.2) is 4.79 Å². The van der Waals surface area contributed by atoms with E-state index in [0.717, 1.165) is 6.07 Å². The number of nitrogens with zero attached hydrogens (tertiary/aromatic N) is 2. The lowest BCUT2D eigenvalue weighted by Gasteiger charge is -2.10. The molecule has 2 aromatic carbocycles. The molecule has 2 rings (SSSR count). The van der Waals surface area contributed by atoms with Crippen LogP contribution in [-0.2, 0) is 4.74 Å². The van der Waals surface area contributed by atoms with Gasteiger partial charge in [0.2, 0.25) is 0 Å². The molecule has 0 aliphatic carbocycles. The van der Waals surface area contributed by atoms with Crippen molar-refractivity contribution < 1.29 is 19.2 Å². The van der Waals surface area contributed by atoms with E-state index in [4.69, 9.17) is 10.6 Å². The number of non-ortho nitro benzene ring substituents is 1. The molecule has 0 fully saturated rings. The summed E-state index contributed by atoms with van der Waals surface area (Å²) in [5, 5.41) is 14.3. The second-order valence-corrected chi connectivity index (χ2v) is 4.38. The molecule has 23 heavy (non-hydrogen) atoms. The summed E-state index contributed by atoms with van der Waals surface area (Å²) in [4.78, 5) is 22.0. The van der Waals surface area contributed by atoms with Gasteiger partial charge in [-0.1, -0.05) is 12.1 Å². The van der Waals surface area contributed by atoms with Crippen LogP contribution in [0.2, 0.25) is 0 Å². The van der Waals surface area contributed by atoms with Gasteiger partial charge in [0.25, 0.3) is 5.69 Å². The summed E-state index contributed by atoms with van der Waals surface area (Å²) in [5.74, 6) is 4.92. The number of esters is 1. The van der Waals surface area contributed by atoms with Crippen LogP contribution in [0.4, 0.5) is 5.69 Å². The first-order valence-corrected chi connectivity index (χ1v) is 6.43. The van der Waals surface area contributed by atoms with Gasteiger partial charge in [0.15, 0.2) is 0 Å². The van der Waals surface area contributed by atoms with Gasteiger partial charge in [-0.3, -0.25) is 10.1 Å². The van der Waals surface area contributed by atoms with E-state index in [-0.39, 0.29) is 17.0 Å². The van der Waals surface area contributed by atoms with Crippen LogP contribution in [0.25, 0.3) is 0 Å². The van der Waals surface area contributed by atoms with E-state index in [1.807, 2.05) is 0 Å². The van der Waals surface area contributed by atoms with Crippen LogP contribution in [0.5, 0.6) is 11.5 Å². The highest BCUT2D eigenvalue weighted by Crippen LogP contribution is 2.29. The molecule has 0 aliphatic heterocycles. The average Bonchev–Trinajstić information content (AvgIpc) is 2.55. The summed E-state index contributed by atoms with van der Waals surface area (Å²) >= 11 is 0. The number of nitrogens with two attached hydrogens (primary N) is 1. The van der Waals surface area contributed by atoms with Gasteiger partial charge in [0, 0.05) is 12.1 Å². The van der Waals surface area contributed by atoms with Crippen LogP contribution in [0.15, 0.2) is 47.6 Å². The molecule has 0 unspecified atom stereocenters. The fraction of sp³-hybridized carbons (Fsp3) is 0.0667. The van der Waals surface area contributed by atoms with E-state index in [1.165, 1.54) is 25.5 Å². The van der Waals surface area contributed by atoms with Gasteiger partial charge >= 0.3 is 5.97 Å². The van der Waals surface area contributed by atoms with Crippen molar-refractivity contribution in [2.24, 2.45) is 10.9 Å². The zero-order chi connectivity index (χ0) is 16.8. The Morgan fingerprint density at radius 2 is 2.09 bits per heavy atom. The minimum absolute atomic E-state index is 0.0420. The Labute approximate surface area is 131 Å². The molecule has 0 aromatic heterocycles. The van der Waals surface area contributed by atoms with Crippen molar-refractivity contribution in [2.75, 3.05) is 7.11 Å². The van der Waals surface area contributed by atoms with E-state index in [9.17, 15) is 14.9 Å². The van der Waals surface area contributed by atoms with Gasteiger partial charge in [-0.15, -0.1) is 0 Å². The highest BCUT2D eigenvalue weighted by molar-refractivity contribution is 5.93. The van der Waals surface area contributed by atoms with Gasteiger partial charge in [-0.05, 0) is 23.8 Å². The third-order valence-electron chi connectivity index (χ3n) is 2.89. The molecule has 0 spiro atoms. The Kier molecular flexibility index (Phi) is 4.88. The molecule has 118 valence electrons. The molecule has 8 nitrogen and oxygen atoms in total. The molecule has 0 saturated carbocycles. The minimum Gasteiger partial charge on any atom is -0.465 e. The SMILES string of the molecule is COC(=O)c1cc([N+](=O)[O-])ccc1Oc1cccc(C=NN)c1. The van der Waals surface area contributed by atoms with Crippen molar-refractivity contribution in [1.82, 2.24) is 0 Å². The largest absolute Gasteiger partial charge is 0.465 e. The van der Waals surface area contributed by atoms with E-state index in [2.05, 4.69) is 9.84 Å². The van der Waals surface area contributed by atoms with E-state index in [1.54, 1.807) is 24.3 Å². The Morgan fingerprint density at radius 3 is 2.74 bits per heavy atom. The van der Waals surface area contributed by atoms with Crippen molar-refractivity contribution in [3.05, 3.63) is 63.7 Å². The van der Waals surface area contributed by atoms with Crippen LogP contribution in [0, 0.1) is 10.1 Å². The maximum absolute atomic E-state index is 11.8. The molecular formula is C15H13N3O5. The lowest BCUT2D eigenvalue weighted by atomic mass is 10.1. The first kappa shape index (κ1) is 16.0. The Bertz CT molecular complexity index is 773. The number of hydrogen-bond donors (Lipinski definition) is 1. The van der Waals surface area contributed by atoms with Gasteiger partial charge in [-0.2, -0.15) is 5.10 Å². The first-order valence-electron chi connectivity index (χ1n) is 6.43. The monoisotopic (exact) mass is 315 g/mol. The number of carbonyl (C=O) groups is 1. The molecule has 8 heteroatoms. The number of ether oxygens (including phenoxy) is 2. The maximum Gasteiger partial charge on any atom is 0.341 e. The van der Waals surface area contributed by atoms with Gasteiger partial charge < -0.3 is 15.3 Å². The second kappa shape index (κ2) is 7.03. The quantitative estimate of drug-likeness (QED) is 0.298. The standard InChI is InChI=1S/C15H13N3O5/c1-22-15(19)13-8-11(18(20)21)5-6-14(13)23-12-4-2-3-10(7-12)9-17-16/h2-9H,16H2,1H3. The van der Waals surface area contributed by atoms with Crippen LogP contribution in [-0.4, -0.2) is 24.2 Å². The third kappa shape index (κ3) is 3.82. The molecule has 0 saturated heterocycles.